The molecule has 3 aliphatic rings. The smallest absolute Gasteiger partial charge is 0.352 e. The number of carbonyl (C=O) groups excluding carboxylic acids is 3. The van der Waals surface area contributed by atoms with Crippen LogP contribution in [-0.2, 0) is 24.0 Å². The van der Waals surface area contributed by atoms with Crippen LogP contribution in [-0.4, -0.2) is 130 Å². The number of carboxylic acids is 2. The van der Waals surface area contributed by atoms with E-state index in [4.69, 9.17) is 10.6 Å². The molecule has 2 unspecified atom stereocenters. The number of anilines is 1. The van der Waals surface area contributed by atoms with E-state index in [9.17, 15) is 44.4 Å². The van der Waals surface area contributed by atoms with Crippen LogP contribution >= 0.6 is 23.3 Å². The first kappa shape index (κ1) is 36.3. The highest BCUT2D eigenvalue weighted by atomic mass is 32.2. The highest BCUT2D eigenvalue weighted by Gasteiger charge is 2.55. The number of rotatable bonds is 13. The van der Waals surface area contributed by atoms with E-state index in [1.54, 1.807) is 0 Å². The van der Waals surface area contributed by atoms with Crippen molar-refractivity contribution in [3.8, 4) is 11.5 Å². The third-order valence-corrected chi connectivity index (χ3v) is 10.6. The van der Waals surface area contributed by atoms with Crippen LogP contribution in [0.1, 0.15) is 49.3 Å². The number of piperidine rings is 1. The van der Waals surface area contributed by atoms with E-state index >= 15 is 0 Å². The predicted octanol–water partition coefficient (Wildman–Crippen LogP) is 0.285. The minimum atomic E-state index is -1.82. The van der Waals surface area contributed by atoms with Gasteiger partial charge in [-0.25, -0.2) is 9.59 Å². The molecule has 18 nitrogen and oxygen atoms in total. The average Bonchev–Trinajstić information content (AvgIpc) is 3.50. The molecule has 268 valence electrons. The minimum absolute atomic E-state index is 0.00430. The van der Waals surface area contributed by atoms with Crippen LogP contribution in [0.4, 0.5) is 5.13 Å². The maximum absolute atomic E-state index is 13.5. The van der Waals surface area contributed by atoms with Crippen LogP contribution in [0.5, 0.6) is 11.5 Å². The molecule has 50 heavy (non-hydrogen) atoms. The number of carbonyl (C=O) groups is 5. The molecule has 3 aliphatic heterocycles. The Balaban J connectivity index is 1.30. The van der Waals surface area contributed by atoms with Gasteiger partial charge in [0, 0.05) is 28.4 Å². The maximum atomic E-state index is 13.5. The number of aromatic hydroxyl groups is 2. The quantitative estimate of drug-likeness (QED) is 0.0480. The zero-order valence-corrected chi connectivity index (χ0v) is 28.8. The molecule has 5 rings (SSSR count). The van der Waals surface area contributed by atoms with Crippen molar-refractivity contribution in [1.29, 1.82) is 0 Å². The lowest BCUT2D eigenvalue weighted by Gasteiger charge is -2.50. The molecule has 0 radical (unpaired) electrons. The van der Waals surface area contributed by atoms with Crippen LogP contribution in [0, 0.1) is 0 Å². The summed E-state index contributed by atoms with van der Waals surface area (Å²) in [6, 6.07) is 2.65. The van der Waals surface area contributed by atoms with Crippen molar-refractivity contribution in [3.05, 3.63) is 40.9 Å². The van der Waals surface area contributed by atoms with E-state index in [1.165, 1.54) is 43.8 Å². The largest absolute Gasteiger partial charge is 0.504 e. The zero-order chi connectivity index (χ0) is 36.4. The lowest BCUT2D eigenvalue weighted by molar-refractivity contribution is -0.927. The molecule has 0 bridgehead atoms. The molecule has 2 saturated heterocycles. The number of oxime groups is 1. The van der Waals surface area contributed by atoms with Crippen LogP contribution in [0.15, 0.2) is 34.6 Å². The molecule has 0 spiro atoms. The van der Waals surface area contributed by atoms with Crippen LogP contribution < -0.4 is 16.4 Å². The molecule has 4 heterocycles. The van der Waals surface area contributed by atoms with Gasteiger partial charge in [0.25, 0.3) is 17.7 Å². The highest BCUT2D eigenvalue weighted by molar-refractivity contribution is 8.00. The van der Waals surface area contributed by atoms with Gasteiger partial charge >= 0.3 is 11.9 Å². The molecule has 0 saturated carbocycles. The predicted molar refractivity (Wildman–Crippen MR) is 179 cm³/mol. The molecule has 1 aromatic carbocycles. The number of quaternary nitrogens is 1. The van der Waals surface area contributed by atoms with E-state index in [0.717, 1.165) is 48.8 Å². The lowest BCUT2D eigenvalue weighted by Crippen LogP contribution is -2.71. The van der Waals surface area contributed by atoms with E-state index in [1.807, 2.05) is 0 Å². The third kappa shape index (κ3) is 7.60. The number of nitrogens with two attached hydrogens (primary N) is 1. The van der Waals surface area contributed by atoms with E-state index < -0.39 is 58.1 Å². The minimum Gasteiger partial charge on any atom is -0.504 e. The van der Waals surface area contributed by atoms with Gasteiger partial charge in [0.2, 0.25) is 17.1 Å². The number of aliphatic carboxylic acids is 2. The van der Waals surface area contributed by atoms with Crippen LogP contribution in [0.25, 0.3) is 0 Å². The number of hydrogen-bond acceptors (Lipinski definition) is 14. The van der Waals surface area contributed by atoms with Gasteiger partial charge < -0.3 is 46.1 Å². The Bertz CT molecular complexity index is 1770. The number of phenolic OH excluding ortho intramolecular Hbond substituents is 2. The molecular formula is C30H37N8O10S2+. The number of carboxylic acid groups (broad SMARTS) is 2. The first-order valence-electron chi connectivity index (χ1n) is 15.6. The van der Waals surface area contributed by atoms with E-state index in [0.29, 0.717) is 23.1 Å². The van der Waals surface area contributed by atoms with Gasteiger partial charge in [-0.05, 0) is 51.3 Å². The van der Waals surface area contributed by atoms with Gasteiger partial charge in [0.15, 0.2) is 16.6 Å². The van der Waals surface area contributed by atoms with Gasteiger partial charge in [0.05, 0.1) is 26.2 Å². The molecule has 8 N–H and O–H groups in total. The number of likely N-dealkylation sites (tertiary alicyclic amines) is 1. The topological polar surface area (TPSA) is 267 Å². The summed E-state index contributed by atoms with van der Waals surface area (Å²) < 4.78 is 4.45. The second-order valence-electron chi connectivity index (χ2n) is 12.6. The fourth-order valence-corrected chi connectivity index (χ4v) is 7.72. The van der Waals surface area contributed by atoms with Crippen molar-refractivity contribution in [1.82, 2.24) is 24.9 Å². The third-order valence-electron chi connectivity index (χ3n) is 8.69. The molecule has 2 atom stereocenters. The van der Waals surface area contributed by atoms with Crippen molar-refractivity contribution in [2.75, 3.05) is 44.2 Å². The summed E-state index contributed by atoms with van der Waals surface area (Å²) >= 11 is 2.06. The number of aromatic nitrogens is 2. The summed E-state index contributed by atoms with van der Waals surface area (Å²) in [5, 5.41) is 47.3. The molecule has 3 amide bonds. The summed E-state index contributed by atoms with van der Waals surface area (Å²) in [7, 11) is 0. The number of hydrogen-bond donors (Lipinski definition) is 7. The molecule has 2 aromatic rings. The number of fused-ring (bicyclic) bond motifs is 1. The number of phenols is 2. The fraction of sp³-hybridized carbons (Fsp3) is 0.467. The van der Waals surface area contributed by atoms with E-state index in [-0.39, 0.29) is 40.3 Å². The second kappa shape index (κ2) is 14.5. The van der Waals surface area contributed by atoms with Gasteiger partial charge in [-0.15, -0.1) is 11.8 Å². The number of amides is 3. The molecule has 1 aromatic heterocycles. The van der Waals surface area contributed by atoms with Crippen molar-refractivity contribution < 1.29 is 53.7 Å². The highest BCUT2D eigenvalue weighted by Crippen LogP contribution is 2.41. The summed E-state index contributed by atoms with van der Waals surface area (Å²) in [5.41, 5.74) is 3.92. The number of nitrogen functional groups attached to an aromatic ring is 1. The van der Waals surface area contributed by atoms with Crippen LogP contribution in [0.2, 0.25) is 0 Å². The average molecular weight is 734 g/mol. The first-order chi connectivity index (χ1) is 23.6. The standard InChI is InChI=1S/C30H36N8O10S2/c1-30(2,28(46)47)48-35-19(22-34-29(31)50-36-22)24(42)33-20-25(43)37-21(27(44)45)16(14-49-26(20)37)13-38(9-4-3-5-10-38)11-8-32-23(41)15-6-7-17(39)18(40)12-15/h6-7,12,20,26H,3-5,8-11,13-14H2,1-2H3,(H7-,31,32,33,34,35,36,39,40,41,42,44,45,46,47)/p+1. The Morgan fingerprint density at radius 2 is 1.86 bits per heavy atom. The Labute approximate surface area is 293 Å². The zero-order valence-electron chi connectivity index (χ0n) is 27.1. The number of thioether (sulfide) groups is 1. The number of benzene rings is 1. The van der Waals surface area contributed by atoms with Crippen molar-refractivity contribution in [3.63, 3.8) is 0 Å². The van der Waals surface area contributed by atoms with Gasteiger partial charge in [-0.1, -0.05) is 5.16 Å². The normalized spacial score (nSPS) is 20.4. The molecule has 0 aliphatic carbocycles. The van der Waals surface area contributed by atoms with Gasteiger partial charge in [0.1, 0.15) is 23.7 Å². The van der Waals surface area contributed by atoms with E-state index in [2.05, 4.69) is 25.1 Å². The van der Waals surface area contributed by atoms with Crippen LogP contribution in [0.3, 0.4) is 0 Å². The summed E-state index contributed by atoms with van der Waals surface area (Å²) in [6.07, 6.45) is 2.82. The number of nitrogens with zero attached hydrogens (tertiary/aromatic N) is 5. The maximum Gasteiger partial charge on any atom is 0.352 e. The lowest BCUT2D eigenvalue weighted by atomic mass is 10.00. The van der Waals surface area contributed by atoms with Gasteiger partial charge in [-0.2, -0.15) is 9.36 Å². The summed E-state index contributed by atoms with van der Waals surface area (Å²) in [6.45, 7) is 5.01. The molecule has 2 fully saturated rings. The summed E-state index contributed by atoms with van der Waals surface area (Å²) in [5.74, 6) is -5.41. The SMILES string of the molecule is CC(C)(O/N=C(\C(=O)NC1C(=O)N2C(C(=O)O)=C(C[N+]3(CCNC(=O)c4ccc(O)c(O)c4)CCCCC3)CSC12)c1nsc(N)n1)C(=O)O. The Kier molecular flexibility index (Phi) is 10.5. The Morgan fingerprint density at radius 3 is 2.48 bits per heavy atom. The monoisotopic (exact) mass is 733 g/mol. The van der Waals surface area contributed by atoms with Crippen molar-refractivity contribution >= 4 is 63.8 Å². The fourth-order valence-electron chi connectivity index (χ4n) is 5.95. The Morgan fingerprint density at radius 1 is 1.14 bits per heavy atom. The second-order valence-corrected chi connectivity index (χ2v) is 14.5. The molecule has 20 heteroatoms. The summed E-state index contributed by atoms with van der Waals surface area (Å²) in [4.78, 5) is 73.9. The number of β-lactam (4-membered cyclic amide) rings is 1. The van der Waals surface area contributed by atoms with Crippen molar-refractivity contribution in [2.45, 2.75) is 50.1 Å². The number of nitrogens with one attached hydrogen (secondary N) is 2. The van der Waals surface area contributed by atoms with Gasteiger partial charge in [-0.3, -0.25) is 19.3 Å². The molecular weight excluding hydrogens is 697 g/mol. The van der Waals surface area contributed by atoms with Crippen molar-refractivity contribution in [2.24, 2.45) is 5.16 Å². The first-order valence-corrected chi connectivity index (χ1v) is 17.4. The Hall–Kier alpha value is -4.95.